The Labute approximate surface area is 153 Å². The van der Waals surface area contributed by atoms with Crippen LogP contribution in [0.3, 0.4) is 0 Å². The summed E-state index contributed by atoms with van der Waals surface area (Å²) < 4.78 is 40.1. The third-order valence-electron chi connectivity index (χ3n) is 4.31. The Morgan fingerprint density at radius 2 is 2.04 bits per heavy atom. The minimum absolute atomic E-state index is 0.119. The van der Waals surface area contributed by atoms with Crippen LogP contribution in [-0.2, 0) is 23.1 Å². The van der Waals surface area contributed by atoms with Crippen LogP contribution in [0.4, 0.5) is 13.2 Å². The Morgan fingerprint density at radius 3 is 2.58 bits per heavy atom. The van der Waals surface area contributed by atoms with Crippen LogP contribution in [-0.4, -0.2) is 56.0 Å². The lowest BCUT2D eigenvalue weighted by molar-refractivity contribution is -0.164. The van der Waals surface area contributed by atoms with Crippen LogP contribution in [0.25, 0.3) is 0 Å². The maximum atomic E-state index is 12.8. The van der Waals surface area contributed by atoms with Crippen molar-refractivity contribution in [2.45, 2.75) is 50.0 Å². The molecule has 146 valence electrons. The first kappa shape index (κ1) is 20.5. The number of hydrogen-bond acceptors (Lipinski definition) is 5. The number of thioether (sulfide) groups is 1. The van der Waals surface area contributed by atoms with Crippen molar-refractivity contribution in [2.24, 2.45) is 18.7 Å². The number of rotatable bonds is 9. The molecule has 0 radical (unpaired) electrons. The predicted octanol–water partition coefficient (Wildman–Crippen LogP) is 1.51. The largest absolute Gasteiger partial charge is 0.406 e. The van der Waals surface area contributed by atoms with Crippen LogP contribution in [0, 0.1) is 5.92 Å². The number of nitrogens with two attached hydrogens (primary N) is 1. The van der Waals surface area contributed by atoms with E-state index in [1.807, 2.05) is 0 Å². The normalized spacial score (nSPS) is 15.7. The van der Waals surface area contributed by atoms with Gasteiger partial charge in [0, 0.05) is 25.9 Å². The standard InChI is InChI=1S/C15H22F3N5O2S/c1-9(10-3-4-10)23(8-15(16,17)18)13(25)7-26-14-21-20-12(22(14)2)6-5-11(19)24/h9-10H,3-8H2,1-2H3,(H2,19,24)/t9-/m1/s1. The average Bonchev–Trinajstić information content (AvgIpc) is 3.32. The summed E-state index contributed by atoms with van der Waals surface area (Å²) in [7, 11) is 1.67. The summed E-state index contributed by atoms with van der Waals surface area (Å²) in [6.07, 6.45) is -2.30. The lowest BCUT2D eigenvalue weighted by Crippen LogP contribution is -2.46. The van der Waals surface area contributed by atoms with Crippen molar-refractivity contribution in [3.05, 3.63) is 5.82 Å². The molecule has 1 aliphatic carbocycles. The van der Waals surface area contributed by atoms with Gasteiger partial charge in [-0.25, -0.2) is 0 Å². The Balaban J connectivity index is 1.97. The number of alkyl halides is 3. The second kappa shape index (κ2) is 8.28. The lowest BCUT2D eigenvalue weighted by atomic mass is 10.2. The van der Waals surface area contributed by atoms with E-state index < -0.39 is 30.6 Å². The average molecular weight is 393 g/mol. The molecular weight excluding hydrogens is 371 g/mol. The zero-order chi connectivity index (χ0) is 19.5. The number of aromatic nitrogens is 3. The van der Waals surface area contributed by atoms with Crippen LogP contribution in [0.2, 0.25) is 0 Å². The van der Waals surface area contributed by atoms with E-state index in [2.05, 4.69) is 10.2 Å². The fourth-order valence-corrected chi connectivity index (χ4v) is 3.43. The number of hydrogen-bond donors (Lipinski definition) is 1. The highest BCUT2D eigenvalue weighted by Gasteiger charge is 2.40. The molecule has 2 N–H and O–H groups in total. The van der Waals surface area contributed by atoms with E-state index in [1.54, 1.807) is 18.5 Å². The number of amides is 2. The minimum Gasteiger partial charge on any atom is -0.370 e. The Morgan fingerprint density at radius 1 is 1.38 bits per heavy atom. The topological polar surface area (TPSA) is 94.1 Å². The van der Waals surface area contributed by atoms with Gasteiger partial charge in [0.2, 0.25) is 11.8 Å². The van der Waals surface area contributed by atoms with Crippen LogP contribution < -0.4 is 5.73 Å². The maximum Gasteiger partial charge on any atom is 0.406 e. The Bertz CT molecular complexity index is 660. The van der Waals surface area contributed by atoms with Crippen molar-refractivity contribution >= 4 is 23.6 Å². The van der Waals surface area contributed by atoms with Gasteiger partial charge in [-0.05, 0) is 25.7 Å². The summed E-state index contributed by atoms with van der Waals surface area (Å²) in [5.41, 5.74) is 5.09. The summed E-state index contributed by atoms with van der Waals surface area (Å²) in [6, 6.07) is -0.435. The van der Waals surface area contributed by atoms with Gasteiger partial charge >= 0.3 is 6.18 Å². The molecule has 1 heterocycles. The smallest absolute Gasteiger partial charge is 0.370 e. The summed E-state index contributed by atoms with van der Waals surface area (Å²) in [6.45, 7) is 0.420. The van der Waals surface area contributed by atoms with E-state index in [-0.39, 0.29) is 18.1 Å². The van der Waals surface area contributed by atoms with Gasteiger partial charge < -0.3 is 15.2 Å². The van der Waals surface area contributed by atoms with Crippen molar-refractivity contribution in [1.82, 2.24) is 19.7 Å². The first-order valence-corrected chi connectivity index (χ1v) is 9.22. The zero-order valence-electron chi connectivity index (χ0n) is 14.6. The molecule has 1 aromatic rings. The van der Waals surface area contributed by atoms with Crippen LogP contribution in [0.5, 0.6) is 0 Å². The minimum atomic E-state index is -4.43. The van der Waals surface area contributed by atoms with Gasteiger partial charge in [-0.15, -0.1) is 10.2 Å². The fourth-order valence-electron chi connectivity index (χ4n) is 2.62. The first-order valence-electron chi connectivity index (χ1n) is 8.24. The SMILES string of the molecule is C[C@H](C1CC1)N(CC(F)(F)F)C(=O)CSc1nnc(CCC(N)=O)n1C. The second-order valence-electron chi connectivity index (χ2n) is 6.43. The molecule has 11 heteroatoms. The molecule has 0 aromatic carbocycles. The number of halogens is 3. The second-order valence-corrected chi connectivity index (χ2v) is 7.37. The fraction of sp³-hybridized carbons (Fsp3) is 0.733. The summed E-state index contributed by atoms with van der Waals surface area (Å²) >= 11 is 1.03. The number of carbonyl (C=O) groups is 2. The number of primary amides is 1. The number of aryl methyl sites for hydroxylation is 1. The van der Waals surface area contributed by atoms with E-state index in [1.165, 1.54) is 0 Å². The monoisotopic (exact) mass is 393 g/mol. The highest BCUT2D eigenvalue weighted by molar-refractivity contribution is 7.99. The van der Waals surface area contributed by atoms with Gasteiger partial charge in [0.15, 0.2) is 5.16 Å². The van der Waals surface area contributed by atoms with Crippen molar-refractivity contribution in [2.75, 3.05) is 12.3 Å². The van der Waals surface area contributed by atoms with E-state index >= 15 is 0 Å². The van der Waals surface area contributed by atoms with Crippen LogP contribution in [0.15, 0.2) is 5.16 Å². The summed E-state index contributed by atoms with van der Waals surface area (Å²) in [5, 5.41) is 8.25. The van der Waals surface area contributed by atoms with Crippen molar-refractivity contribution in [3.8, 4) is 0 Å². The van der Waals surface area contributed by atoms with Gasteiger partial charge in [-0.2, -0.15) is 13.2 Å². The van der Waals surface area contributed by atoms with Gasteiger partial charge in [0.1, 0.15) is 12.4 Å². The zero-order valence-corrected chi connectivity index (χ0v) is 15.4. The third kappa shape index (κ3) is 5.89. The van der Waals surface area contributed by atoms with Crippen LogP contribution in [0.1, 0.15) is 32.0 Å². The van der Waals surface area contributed by atoms with Crippen molar-refractivity contribution in [1.29, 1.82) is 0 Å². The highest BCUT2D eigenvalue weighted by Crippen LogP contribution is 2.36. The lowest BCUT2D eigenvalue weighted by Gasteiger charge is -2.30. The van der Waals surface area contributed by atoms with E-state index in [4.69, 9.17) is 5.73 Å². The molecule has 1 fully saturated rings. The molecule has 2 rings (SSSR count). The van der Waals surface area contributed by atoms with Gasteiger partial charge in [-0.3, -0.25) is 9.59 Å². The first-order chi connectivity index (χ1) is 12.1. The highest BCUT2D eigenvalue weighted by atomic mass is 32.2. The predicted molar refractivity (Wildman–Crippen MR) is 89.2 cm³/mol. The summed E-state index contributed by atoms with van der Waals surface area (Å²) in [5.74, 6) is -0.531. The molecule has 0 spiro atoms. The van der Waals surface area contributed by atoms with Crippen molar-refractivity contribution < 1.29 is 22.8 Å². The summed E-state index contributed by atoms with van der Waals surface area (Å²) in [4.78, 5) is 24.1. The maximum absolute atomic E-state index is 12.8. The molecule has 0 bridgehead atoms. The molecule has 0 aliphatic heterocycles. The number of nitrogens with zero attached hydrogens (tertiary/aromatic N) is 4. The Hall–Kier alpha value is -1.78. The third-order valence-corrected chi connectivity index (χ3v) is 5.32. The van der Waals surface area contributed by atoms with Gasteiger partial charge in [-0.1, -0.05) is 11.8 Å². The molecule has 1 atom stereocenters. The van der Waals surface area contributed by atoms with E-state index in [0.717, 1.165) is 29.5 Å². The molecule has 0 saturated heterocycles. The molecule has 26 heavy (non-hydrogen) atoms. The molecule has 0 unspecified atom stereocenters. The molecule has 1 aliphatic rings. The molecule has 1 saturated carbocycles. The molecule has 7 nitrogen and oxygen atoms in total. The molecule has 1 aromatic heterocycles. The van der Waals surface area contributed by atoms with Gasteiger partial charge in [0.05, 0.1) is 5.75 Å². The molecular formula is C15H22F3N5O2S. The molecule has 2 amide bonds. The Kier molecular flexibility index (Phi) is 6.53. The van der Waals surface area contributed by atoms with Crippen molar-refractivity contribution in [3.63, 3.8) is 0 Å². The van der Waals surface area contributed by atoms with E-state index in [0.29, 0.717) is 17.4 Å². The number of carbonyl (C=O) groups excluding carboxylic acids is 2. The quantitative estimate of drug-likeness (QED) is 0.642. The van der Waals surface area contributed by atoms with Gasteiger partial charge in [0.25, 0.3) is 0 Å². The van der Waals surface area contributed by atoms with E-state index in [9.17, 15) is 22.8 Å². The van der Waals surface area contributed by atoms with Crippen LogP contribution >= 0.6 is 11.8 Å².